The zero-order chi connectivity index (χ0) is 35.2. The zero-order valence-electron chi connectivity index (χ0n) is 27.1. The molecular formula is C34H44O14. The molecule has 2 aromatic carbocycles. The normalized spacial score (nSPS) is 16.5. The molecule has 0 atom stereocenters. The highest BCUT2D eigenvalue weighted by Crippen LogP contribution is 2.37. The van der Waals surface area contributed by atoms with Crippen molar-refractivity contribution in [3.63, 3.8) is 0 Å². The Kier molecular flexibility index (Phi) is 14.8. The first kappa shape index (κ1) is 38.4. The molecule has 3 rings (SSSR count). The van der Waals surface area contributed by atoms with Crippen molar-refractivity contribution >= 4 is 23.7 Å². The van der Waals surface area contributed by atoms with Crippen LogP contribution in [-0.4, -0.2) is 103 Å². The highest BCUT2D eigenvalue weighted by Gasteiger charge is 2.56. The maximum atomic E-state index is 12.9. The minimum atomic E-state index is -2.02. The van der Waals surface area contributed by atoms with Gasteiger partial charge in [-0.1, -0.05) is 0 Å². The molecule has 264 valence electrons. The Morgan fingerprint density at radius 3 is 1.48 bits per heavy atom. The van der Waals surface area contributed by atoms with E-state index in [1.165, 1.54) is 31.2 Å². The highest BCUT2D eigenvalue weighted by molar-refractivity contribution is 5.84. The molecule has 1 fully saturated rings. The molecule has 4 N–H and O–H groups in total. The Bertz CT molecular complexity index is 1320. The zero-order valence-corrected chi connectivity index (χ0v) is 27.1. The third-order valence-corrected chi connectivity index (χ3v) is 8.42. The number of carbonyl (C=O) groups excluding carboxylic acids is 4. The second-order valence-corrected chi connectivity index (χ2v) is 11.5. The van der Waals surface area contributed by atoms with Gasteiger partial charge in [0.05, 0.1) is 51.5 Å². The van der Waals surface area contributed by atoms with Crippen molar-refractivity contribution < 1.29 is 68.0 Å². The summed E-state index contributed by atoms with van der Waals surface area (Å²) in [4.78, 5) is 48.6. The predicted molar refractivity (Wildman–Crippen MR) is 167 cm³/mol. The summed E-state index contributed by atoms with van der Waals surface area (Å²) in [6.07, 6.45) is 1.76. The average Bonchev–Trinajstić information content (AvgIpc) is 3.09. The summed E-state index contributed by atoms with van der Waals surface area (Å²) in [5, 5.41) is 39.8. The van der Waals surface area contributed by atoms with Gasteiger partial charge in [0, 0.05) is 6.92 Å². The molecule has 0 bridgehead atoms. The van der Waals surface area contributed by atoms with Gasteiger partial charge in [-0.05, 0) is 81.1 Å². The van der Waals surface area contributed by atoms with Crippen LogP contribution in [0, 0.1) is 17.3 Å². The van der Waals surface area contributed by atoms with Crippen molar-refractivity contribution in [3.8, 4) is 23.0 Å². The van der Waals surface area contributed by atoms with Crippen LogP contribution in [0.3, 0.4) is 0 Å². The lowest BCUT2D eigenvalue weighted by molar-refractivity contribution is -0.174. The van der Waals surface area contributed by atoms with E-state index in [-0.39, 0.29) is 42.6 Å². The monoisotopic (exact) mass is 676 g/mol. The first-order valence-electron chi connectivity index (χ1n) is 15.6. The Morgan fingerprint density at radius 2 is 1.06 bits per heavy atom. The molecule has 0 radical (unpaired) electrons. The lowest BCUT2D eigenvalue weighted by atomic mass is 9.70. The lowest BCUT2D eigenvalue weighted by Crippen LogP contribution is -2.64. The highest BCUT2D eigenvalue weighted by atomic mass is 16.6. The number of ketones is 1. The van der Waals surface area contributed by atoms with Gasteiger partial charge < -0.3 is 48.8 Å². The molecule has 1 aliphatic carbocycles. The first-order chi connectivity index (χ1) is 23.0. The molecule has 2 aromatic rings. The molecule has 0 heterocycles. The van der Waals surface area contributed by atoms with Crippen LogP contribution in [0.25, 0.3) is 0 Å². The summed E-state index contributed by atoms with van der Waals surface area (Å²) in [5.74, 6) is -1.45. The van der Waals surface area contributed by atoms with E-state index < -0.39 is 55.1 Å². The van der Waals surface area contributed by atoms with Crippen LogP contribution >= 0.6 is 0 Å². The van der Waals surface area contributed by atoms with Gasteiger partial charge in [-0.25, -0.2) is 0 Å². The standard InChI is InChI=1S/C34H44O14/c1-23(39)33(19-35,20-36)34(21-37,22-38)48-30-13-11-29(12-14-30)47-32(42)26-5-3-25(4-6-26)31(41)46-28-9-7-27(8-10-28)45-18-16-43-15-17-44-24(2)40/h7-14,25-26,35-38H,3-6,15-22H2,1-2H3. The minimum Gasteiger partial charge on any atom is -0.491 e. The van der Waals surface area contributed by atoms with Crippen LogP contribution in [0.15, 0.2) is 48.5 Å². The molecule has 14 nitrogen and oxygen atoms in total. The molecule has 0 saturated heterocycles. The summed E-state index contributed by atoms with van der Waals surface area (Å²) in [5.41, 5.74) is -4.00. The predicted octanol–water partition coefficient (Wildman–Crippen LogP) is 1.62. The van der Waals surface area contributed by atoms with Gasteiger partial charge >= 0.3 is 17.9 Å². The van der Waals surface area contributed by atoms with Crippen LogP contribution in [0.2, 0.25) is 0 Å². The van der Waals surface area contributed by atoms with Gasteiger partial charge in [-0.3, -0.25) is 19.2 Å². The number of esters is 3. The second-order valence-electron chi connectivity index (χ2n) is 11.5. The second kappa shape index (κ2) is 18.5. The van der Waals surface area contributed by atoms with Gasteiger partial charge in [0.1, 0.15) is 47.4 Å². The van der Waals surface area contributed by atoms with Crippen LogP contribution in [0.1, 0.15) is 39.5 Å². The number of benzene rings is 2. The van der Waals surface area contributed by atoms with Crippen molar-refractivity contribution in [2.45, 2.75) is 45.1 Å². The summed E-state index contributed by atoms with van der Waals surface area (Å²) < 4.78 is 32.5. The molecule has 0 amide bonds. The van der Waals surface area contributed by atoms with Crippen molar-refractivity contribution in [3.05, 3.63) is 48.5 Å². The van der Waals surface area contributed by atoms with Gasteiger partial charge in [-0.15, -0.1) is 0 Å². The number of aliphatic hydroxyl groups excluding tert-OH is 4. The number of Topliss-reactive ketones (excluding diaryl/α,β-unsaturated/α-hetero) is 1. The van der Waals surface area contributed by atoms with Gasteiger partial charge in [0.2, 0.25) is 0 Å². The van der Waals surface area contributed by atoms with E-state index in [0.717, 1.165) is 6.92 Å². The maximum absolute atomic E-state index is 12.9. The van der Waals surface area contributed by atoms with E-state index in [1.807, 2.05) is 0 Å². The Balaban J connectivity index is 1.44. The van der Waals surface area contributed by atoms with Crippen LogP contribution in [-0.2, 0) is 28.7 Å². The van der Waals surface area contributed by atoms with Crippen molar-refractivity contribution in [1.82, 2.24) is 0 Å². The quantitative estimate of drug-likeness (QED) is 0.0949. The van der Waals surface area contributed by atoms with E-state index in [0.29, 0.717) is 50.4 Å². The number of hydrogen-bond donors (Lipinski definition) is 4. The SMILES string of the molecule is CC(=O)OCCOCCOc1ccc(OC(=O)C2CCC(C(=O)Oc3ccc(OC(CO)(CO)C(CO)(CO)C(C)=O)cc3)CC2)cc1. The summed E-state index contributed by atoms with van der Waals surface area (Å²) in [7, 11) is 0. The van der Waals surface area contributed by atoms with Crippen LogP contribution < -0.4 is 18.9 Å². The minimum absolute atomic E-state index is 0.0887. The fraction of sp³-hybridized carbons (Fsp3) is 0.529. The molecule has 0 aromatic heterocycles. The summed E-state index contributed by atoms with van der Waals surface area (Å²) >= 11 is 0. The van der Waals surface area contributed by atoms with Crippen molar-refractivity contribution in [2.75, 3.05) is 52.9 Å². The van der Waals surface area contributed by atoms with Crippen LogP contribution in [0.5, 0.6) is 23.0 Å². The average molecular weight is 677 g/mol. The topological polar surface area (TPSA) is 205 Å². The lowest BCUT2D eigenvalue weighted by Gasteiger charge is -2.44. The van der Waals surface area contributed by atoms with Crippen molar-refractivity contribution in [2.24, 2.45) is 17.3 Å². The summed E-state index contributed by atoms with van der Waals surface area (Å²) in [6, 6.07) is 12.3. The van der Waals surface area contributed by atoms with E-state index in [4.69, 9.17) is 28.4 Å². The maximum Gasteiger partial charge on any atom is 0.314 e. The summed E-state index contributed by atoms with van der Waals surface area (Å²) in [6.45, 7) is -0.00543. The molecule has 0 spiro atoms. The van der Waals surface area contributed by atoms with Gasteiger partial charge in [0.15, 0.2) is 5.60 Å². The number of hydrogen-bond acceptors (Lipinski definition) is 14. The third kappa shape index (κ3) is 9.97. The fourth-order valence-corrected chi connectivity index (χ4v) is 5.33. The third-order valence-electron chi connectivity index (χ3n) is 8.42. The molecule has 1 saturated carbocycles. The van der Waals surface area contributed by atoms with E-state index in [9.17, 15) is 39.6 Å². The number of rotatable bonds is 19. The Hall–Kier alpha value is -4.08. The Morgan fingerprint density at radius 1 is 0.625 bits per heavy atom. The first-order valence-corrected chi connectivity index (χ1v) is 15.6. The molecular weight excluding hydrogens is 632 g/mol. The number of aliphatic hydroxyl groups is 4. The molecule has 1 aliphatic rings. The molecule has 14 heteroatoms. The van der Waals surface area contributed by atoms with Crippen molar-refractivity contribution in [1.29, 1.82) is 0 Å². The number of ether oxygens (including phenoxy) is 6. The molecule has 0 aliphatic heterocycles. The molecule has 0 unspecified atom stereocenters. The van der Waals surface area contributed by atoms with E-state index >= 15 is 0 Å². The smallest absolute Gasteiger partial charge is 0.314 e. The van der Waals surface area contributed by atoms with Gasteiger partial charge in [0.25, 0.3) is 0 Å². The van der Waals surface area contributed by atoms with Crippen LogP contribution in [0.4, 0.5) is 0 Å². The van der Waals surface area contributed by atoms with Gasteiger partial charge in [-0.2, -0.15) is 0 Å². The number of carbonyl (C=O) groups is 4. The fourth-order valence-electron chi connectivity index (χ4n) is 5.33. The van der Waals surface area contributed by atoms with E-state index in [1.54, 1.807) is 24.3 Å². The molecule has 48 heavy (non-hydrogen) atoms. The van der Waals surface area contributed by atoms with E-state index in [2.05, 4.69) is 0 Å². The Labute approximate surface area is 278 Å². The largest absolute Gasteiger partial charge is 0.491 e.